The number of pyridine rings is 1. The summed E-state index contributed by atoms with van der Waals surface area (Å²) in [7, 11) is 0. The first-order valence-electron chi connectivity index (χ1n) is 14.7. The highest BCUT2D eigenvalue weighted by Gasteiger charge is 2.37. The van der Waals surface area contributed by atoms with Crippen molar-refractivity contribution in [3.05, 3.63) is 60.7 Å². The first-order chi connectivity index (χ1) is 19.7. The lowest BCUT2D eigenvalue weighted by Crippen LogP contribution is -2.43. The van der Waals surface area contributed by atoms with Crippen LogP contribution in [0.1, 0.15) is 79.7 Å². The second kappa shape index (κ2) is 13.6. The van der Waals surface area contributed by atoms with E-state index >= 15 is 0 Å². The van der Waals surface area contributed by atoms with Crippen molar-refractivity contribution in [3.8, 4) is 0 Å². The normalized spacial score (nSPS) is 19.8. The van der Waals surface area contributed by atoms with E-state index in [2.05, 4.69) is 44.0 Å². The summed E-state index contributed by atoms with van der Waals surface area (Å²) < 4.78 is 2.04. The zero-order valence-electron chi connectivity index (χ0n) is 23.2. The van der Waals surface area contributed by atoms with Crippen molar-refractivity contribution in [2.75, 3.05) is 26.2 Å². The van der Waals surface area contributed by atoms with Crippen LogP contribution in [0.2, 0.25) is 5.02 Å². The number of nitrogens with two attached hydrogens (primary N) is 1. The van der Waals surface area contributed by atoms with Gasteiger partial charge in [0.05, 0.1) is 5.69 Å². The molecule has 1 aromatic heterocycles. The highest BCUT2D eigenvalue weighted by atomic mass is 79.9. The van der Waals surface area contributed by atoms with Crippen LogP contribution < -0.4 is 5.73 Å². The van der Waals surface area contributed by atoms with E-state index in [4.69, 9.17) is 22.3 Å². The zero-order chi connectivity index (χ0) is 29.1. The first-order valence-corrected chi connectivity index (χ1v) is 16.6. The maximum atomic E-state index is 13.3. The molecule has 1 unspecified atom stereocenters. The number of amides is 3. The van der Waals surface area contributed by atoms with E-state index < -0.39 is 0 Å². The molecule has 2 fully saturated rings. The lowest BCUT2D eigenvalue weighted by atomic mass is 9.76. The standard InChI is InChI=1S/C31H37Br2ClN4O3/c32-23-15-22-5-4-21-16-24(34)17-25(33)29(21)30(31(22)36-18-23)20-8-12-38(13-9-20)28(41)14-19-6-10-37(11-7-19)27(40)3-1-2-26(35)39/h15-20,30H,1-14H2,(H2,35,39). The minimum absolute atomic E-state index is 0.0792. The van der Waals surface area contributed by atoms with Gasteiger partial charge in [0, 0.05) is 71.5 Å². The summed E-state index contributed by atoms with van der Waals surface area (Å²) in [4.78, 5) is 45.5. The number of carbonyl (C=O) groups is 3. The van der Waals surface area contributed by atoms with Crippen molar-refractivity contribution >= 4 is 61.2 Å². The van der Waals surface area contributed by atoms with Gasteiger partial charge < -0.3 is 15.5 Å². The zero-order valence-corrected chi connectivity index (χ0v) is 27.1. The molecule has 0 spiro atoms. The van der Waals surface area contributed by atoms with Crippen molar-refractivity contribution in [1.82, 2.24) is 14.8 Å². The number of carbonyl (C=O) groups excluding carboxylic acids is 3. The molecule has 0 bridgehead atoms. The molecule has 7 nitrogen and oxygen atoms in total. The molecule has 0 saturated carbocycles. The molecule has 3 aliphatic rings. The van der Waals surface area contributed by atoms with E-state index in [9.17, 15) is 14.4 Å². The number of nitrogens with zero attached hydrogens (tertiary/aromatic N) is 3. The van der Waals surface area contributed by atoms with Crippen LogP contribution >= 0.6 is 43.5 Å². The predicted molar refractivity (Wildman–Crippen MR) is 167 cm³/mol. The van der Waals surface area contributed by atoms with Gasteiger partial charge in [-0.2, -0.15) is 0 Å². The van der Waals surface area contributed by atoms with Gasteiger partial charge in [0.25, 0.3) is 0 Å². The Morgan fingerprint density at radius 1 is 0.902 bits per heavy atom. The number of fused-ring (bicyclic) bond motifs is 2. The van der Waals surface area contributed by atoms with Gasteiger partial charge in [0.1, 0.15) is 0 Å². The maximum Gasteiger partial charge on any atom is 0.222 e. The molecular formula is C31H37Br2ClN4O3. The van der Waals surface area contributed by atoms with Gasteiger partial charge in [-0.1, -0.05) is 27.5 Å². The Bertz CT molecular complexity index is 1310. The number of halogens is 3. The number of likely N-dealkylation sites (tertiary alicyclic amines) is 2. The number of hydrogen-bond acceptors (Lipinski definition) is 4. The van der Waals surface area contributed by atoms with Crippen LogP contribution in [0.15, 0.2) is 33.3 Å². The predicted octanol–water partition coefficient (Wildman–Crippen LogP) is 6.01. The van der Waals surface area contributed by atoms with Gasteiger partial charge in [0.2, 0.25) is 17.7 Å². The van der Waals surface area contributed by atoms with Crippen LogP contribution in [0.4, 0.5) is 0 Å². The van der Waals surface area contributed by atoms with E-state index in [1.807, 2.05) is 22.1 Å². The van der Waals surface area contributed by atoms with Crippen LogP contribution in [0, 0.1) is 11.8 Å². The number of aromatic nitrogens is 1. The topological polar surface area (TPSA) is 96.6 Å². The third-order valence-electron chi connectivity index (χ3n) is 9.03. The Morgan fingerprint density at radius 3 is 2.27 bits per heavy atom. The molecule has 2 aliphatic heterocycles. The number of aryl methyl sites for hydroxylation is 2. The molecule has 0 radical (unpaired) electrons. The molecule has 2 saturated heterocycles. The molecule has 2 aromatic rings. The summed E-state index contributed by atoms with van der Waals surface area (Å²) in [6.07, 6.45) is 8.94. The van der Waals surface area contributed by atoms with Gasteiger partial charge in [-0.3, -0.25) is 19.4 Å². The molecule has 2 N–H and O–H groups in total. The molecular weight excluding hydrogens is 672 g/mol. The first kappa shape index (κ1) is 30.5. The van der Waals surface area contributed by atoms with Gasteiger partial charge in [-0.25, -0.2) is 0 Å². The fraction of sp³-hybridized carbons (Fsp3) is 0.548. The van der Waals surface area contributed by atoms with Gasteiger partial charge in [0.15, 0.2) is 0 Å². The molecule has 10 heteroatoms. The Balaban J connectivity index is 1.19. The number of hydrogen-bond donors (Lipinski definition) is 1. The van der Waals surface area contributed by atoms with Crippen molar-refractivity contribution in [1.29, 1.82) is 0 Å². The number of rotatable bonds is 7. The van der Waals surface area contributed by atoms with Crippen LogP contribution in [-0.4, -0.2) is 58.7 Å². The Morgan fingerprint density at radius 2 is 1.56 bits per heavy atom. The molecule has 1 aromatic carbocycles. The Labute approximate surface area is 263 Å². The second-order valence-electron chi connectivity index (χ2n) is 11.7. The van der Waals surface area contributed by atoms with E-state index in [1.54, 1.807) is 0 Å². The highest BCUT2D eigenvalue weighted by molar-refractivity contribution is 9.10. The highest BCUT2D eigenvalue weighted by Crippen LogP contribution is 2.46. The Kier molecular flexibility index (Phi) is 10.1. The molecule has 5 rings (SSSR count). The van der Waals surface area contributed by atoms with Crippen LogP contribution in [0.5, 0.6) is 0 Å². The fourth-order valence-electron chi connectivity index (χ4n) is 6.85. The van der Waals surface area contributed by atoms with Gasteiger partial charge >= 0.3 is 0 Å². The number of primary amides is 1. The lowest BCUT2D eigenvalue weighted by Gasteiger charge is -2.38. The summed E-state index contributed by atoms with van der Waals surface area (Å²) in [5.41, 5.74) is 10.2. The number of benzene rings is 1. The monoisotopic (exact) mass is 706 g/mol. The van der Waals surface area contributed by atoms with Crippen molar-refractivity contribution in [3.63, 3.8) is 0 Å². The second-order valence-corrected chi connectivity index (χ2v) is 13.9. The van der Waals surface area contributed by atoms with E-state index in [0.29, 0.717) is 44.2 Å². The largest absolute Gasteiger partial charge is 0.370 e. The van der Waals surface area contributed by atoms with Crippen LogP contribution in [0.25, 0.3) is 0 Å². The van der Waals surface area contributed by atoms with Crippen molar-refractivity contribution < 1.29 is 14.4 Å². The molecule has 41 heavy (non-hydrogen) atoms. The van der Waals surface area contributed by atoms with Crippen molar-refractivity contribution in [2.24, 2.45) is 17.6 Å². The molecule has 220 valence electrons. The van der Waals surface area contributed by atoms with E-state index in [-0.39, 0.29) is 30.1 Å². The average Bonchev–Trinajstić information content (AvgIpc) is 3.10. The van der Waals surface area contributed by atoms with E-state index in [1.165, 1.54) is 16.7 Å². The van der Waals surface area contributed by atoms with E-state index in [0.717, 1.165) is 71.3 Å². The fourth-order valence-corrected chi connectivity index (χ4v) is 8.35. The molecule has 3 heterocycles. The molecule has 1 aliphatic carbocycles. The van der Waals surface area contributed by atoms with Gasteiger partial charge in [-0.05, 0) is 108 Å². The minimum atomic E-state index is -0.370. The summed E-state index contributed by atoms with van der Waals surface area (Å²) in [6.45, 7) is 2.86. The smallest absolute Gasteiger partial charge is 0.222 e. The Hall–Kier alpha value is -1.97. The maximum absolute atomic E-state index is 13.3. The SMILES string of the molecule is NC(=O)CCCC(=O)N1CCC(CC(=O)N2CCC(C3c4ncc(Br)cc4CCc4cc(Cl)cc(Br)c43)CC2)CC1. The third-order valence-corrected chi connectivity index (χ3v) is 10.3. The lowest BCUT2D eigenvalue weighted by molar-refractivity contribution is -0.135. The summed E-state index contributed by atoms with van der Waals surface area (Å²) in [6, 6.07) is 6.30. The summed E-state index contributed by atoms with van der Waals surface area (Å²) in [5, 5.41) is 0.744. The van der Waals surface area contributed by atoms with Crippen LogP contribution in [0.3, 0.4) is 0 Å². The average molecular weight is 709 g/mol. The van der Waals surface area contributed by atoms with Crippen LogP contribution in [-0.2, 0) is 27.2 Å². The quantitative estimate of drug-likeness (QED) is 0.381. The summed E-state index contributed by atoms with van der Waals surface area (Å²) in [5.74, 6) is 0.778. The third kappa shape index (κ3) is 7.34. The molecule has 1 atom stereocenters. The number of piperidine rings is 2. The van der Waals surface area contributed by atoms with Gasteiger partial charge in [-0.15, -0.1) is 0 Å². The van der Waals surface area contributed by atoms with Crippen molar-refractivity contribution in [2.45, 2.75) is 70.1 Å². The molecule has 3 amide bonds. The summed E-state index contributed by atoms with van der Waals surface area (Å²) >= 11 is 13.9. The minimum Gasteiger partial charge on any atom is -0.370 e.